The fourth-order valence-electron chi connectivity index (χ4n) is 2.45. The molecular formula is C16H16N4O2. The molecule has 3 rings (SSSR count). The highest BCUT2D eigenvalue weighted by molar-refractivity contribution is 5.96. The molecule has 0 spiro atoms. The van der Waals surface area contributed by atoms with Gasteiger partial charge in [-0.1, -0.05) is 12.1 Å². The summed E-state index contributed by atoms with van der Waals surface area (Å²) in [6.45, 7) is 0.848. The lowest BCUT2D eigenvalue weighted by Gasteiger charge is -2.15. The predicted octanol–water partition coefficient (Wildman–Crippen LogP) is 1.46. The van der Waals surface area contributed by atoms with E-state index >= 15 is 0 Å². The largest absolute Gasteiger partial charge is 0.336 e. The molecule has 0 radical (unpaired) electrons. The van der Waals surface area contributed by atoms with Crippen molar-refractivity contribution in [3.63, 3.8) is 0 Å². The van der Waals surface area contributed by atoms with E-state index < -0.39 is 0 Å². The van der Waals surface area contributed by atoms with Crippen LogP contribution in [-0.2, 0) is 16.1 Å². The van der Waals surface area contributed by atoms with Crippen molar-refractivity contribution in [2.24, 2.45) is 5.92 Å². The van der Waals surface area contributed by atoms with Crippen LogP contribution in [0.1, 0.15) is 12.1 Å². The number of aromatic nitrogens is 2. The number of amides is 2. The fourth-order valence-corrected chi connectivity index (χ4v) is 2.45. The van der Waals surface area contributed by atoms with Crippen LogP contribution in [-0.4, -0.2) is 33.2 Å². The van der Waals surface area contributed by atoms with Crippen molar-refractivity contribution >= 4 is 17.6 Å². The Hall–Kier alpha value is -2.76. The van der Waals surface area contributed by atoms with Gasteiger partial charge < -0.3 is 10.2 Å². The van der Waals surface area contributed by atoms with Crippen molar-refractivity contribution in [3.8, 4) is 0 Å². The monoisotopic (exact) mass is 296 g/mol. The summed E-state index contributed by atoms with van der Waals surface area (Å²) in [6.07, 6.45) is 3.54. The average Bonchev–Trinajstić information content (AvgIpc) is 2.90. The SMILES string of the molecule is O=C(Nc1ccccn1)[C@H]1CC(=O)N(Cc2ccccn2)C1. The Bertz CT molecular complexity index is 660. The first kappa shape index (κ1) is 14.2. The van der Waals surface area contributed by atoms with Gasteiger partial charge in [0.05, 0.1) is 18.2 Å². The van der Waals surface area contributed by atoms with Crippen molar-refractivity contribution in [2.45, 2.75) is 13.0 Å². The molecule has 0 saturated carbocycles. The second kappa shape index (κ2) is 6.34. The second-order valence-electron chi connectivity index (χ2n) is 5.20. The van der Waals surface area contributed by atoms with Crippen LogP contribution >= 0.6 is 0 Å². The van der Waals surface area contributed by atoms with Gasteiger partial charge in [-0.25, -0.2) is 4.98 Å². The lowest BCUT2D eigenvalue weighted by molar-refractivity contribution is -0.128. The van der Waals surface area contributed by atoms with E-state index in [-0.39, 0.29) is 24.2 Å². The van der Waals surface area contributed by atoms with Crippen LogP contribution < -0.4 is 5.32 Å². The van der Waals surface area contributed by atoms with Crippen LogP contribution in [0.15, 0.2) is 48.8 Å². The minimum atomic E-state index is -0.349. The highest BCUT2D eigenvalue weighted by Gasteiger charge is 2.34. The van der Waals surface area contributed by atoms with Crippen molar-refractivity contribution in [3.05, 3.63) is 54.5 Å². The highest BCUT2D eigenvalue weighted by atomic mass is 16.2. The van der Waals surface area contributed by atoms with Crippen LogP contribution in [0.4, 0.5) is 5.82 Å². The molecular weight excluding hydrogens is 280 g/mol. The molecule has 22 heavy (non-hydrogen) atoms. The number of pyridine rings is 2. The first-order chi connectivity index (χ1) is 10.7. The van der Waals surface area contributed by atoms with E-state index in [1.165, 1.54) is 0 Å². The maximum absolute atomic E-state index is 12.2. The number of likely N-dealkylation sites (tertiary alicyclic amines) is 1. The summed E-state index contributed by atoms with van der Waals surface area (Å²) in [6, 6.07) is 10.9. The zero-order valence-electron chi connectivity index (χ0n) is 12.0. The molecule has 0 unspecified atom stereocenters. The minimum absolute atomic E-state index is 0.0215. The molecule has 1 aliphatic rings. The van der Waals surface area contributed by atoms with Gasteiger partial charge in [-0.05, 0) is 24.3 Å². The van der Waals surface area contributed by atoms with Crippen molar-refractivity contribution in [2.75, 3.05) is 11.9 Å². The van der Waals surface area contributed by atoms with Crippen LogP contribution in [0.25, 0.3) is 0 Å². The Labute approximate surface area is 128 Å². The first-order valence-corrected chi connectivity index (χ1v) is 7.12. The Morgan fingerprint density at radius 1 is 1.18 bits per heavy atom. The lowest BCUT2D eigenvalue weighted by Crippen LogP contribution is -2.28. The number of rotatable bonds is 4. The third kappa shape index (κ3) is 3.28. The third-order valence-electron chi connectivity index (χ3n) is 3.58. The van der Waals surface area contributed by atoms with E-state index in [2.05, 4.69) is 15.3 Å². The van der Waals surface area contributed by atoms with Gasteiger partial charge in [0, 0.05) is 25.4 Å². The molecule has 2 aromatic rings. The zero-order chi connectivity index (χ0) is 15.4. The molecule has 112 valence electrons. The van der Waals surface area contributed by atoms with Gasteiger partial charge >= 0.3 is 0 Å². The number of hydrogen-bond acceptors (Lipinski definition) is 4. The summed E-state index contributed by atoms with van der Waals surface area (Å²) in [5.74, 6) is -0.0382. The Balaban J connectivity index is 1.60. The van der Waals surface area contributed by atoms with Gasteiger partial charge in [0.1, 0.15) is 5.82 Å². The summed E-state index contributed by atoms with van der Waals surface area (Å²) in [7, 11) is 0. The molecule has 0 aliphatic carbocycles. The Kier molecular flexibility index (Phi) is 4.09. The Morgan fingerprint density at radius 2 is 1.95 bits per heavy atom. The summed E-state index contributed by atoms with van der Waals surface area (Å²) in [5.41, 5.74) is 0.821. The van der Waals surface area contributed by atoms with Gasteiger partial charge in [0.2, 0.25) is 11.8 Å². The summed E-state index contributed by atoms with van der Waals surface area (Å²) in [5, 5.41) is 2.74. The molecule has 0 bridgehead atoms. The summed E-state index contributed by atoms with van der Waals surface area (Å²) in [4.78, 5) is 34.2. The third-order valence-corrected chi connectivity index (χ3v) is 3.58. The number of hydrogen-bond donors (Lipinski definition) is 1. The number of nitrogens with one attached hydrogen (secondary N) is 1. The van der Waals surface area contributed by atoms with Gasteiger partial charge in [-0.15, -0.1) is 0 Å². The molecule has 2 aromatic heterocycles. The molecule has 3 heterocycles. The smallest absolute Gasteiger partial charge is 0.230 e. The summed E-state index contributed by atoms with van der Waals surface area (Å²) < 4.78 is 0. The standard InChI is InChI=1S/C16H16N4O2/c21-15-9-12(16(22)19-14-6-2-4-8-18-14)10-20(15)11-13-5-1-3-7-17-13/h1-8,12H,9-11H2,(H,18,19,22)/t12-/m0/s1. The molecule has 1 saturated heterocycles. The maximum Gasteiger partial charge on any atom is 0.230 e. The number of carbonyl (C=O) groups is 2. The highest BCUT2D eigenvalue weighted by Crippen LogP contribution is 2.21. The molecule has 1 aliphatic heterocycles. The van der Waals surface area contributed by atoms with Gasteiger partial charge in [0.25, 0.3) is 0 Å². The van der Waals surface area contributed by atoms with Crippen LogP contribution in [0.3, 0.4) is 0 Å². The average molecular weight is 296 g/mol. The number of carbonyl (C=O) groups excluding carboxylic acids is 2. The van der Waals surface area contributed by atoms with Gasteiger partial charge in [-0.2, -0.15) is 0 Å². The van der Waals surface area contributed by atoms with Crippen molar-refractivity contribution in [1.29, 1.82) is 0 Å². The normalized spacial score (nSPS) is 17.5. The topological polar surface area (TPSA) is 75.2 Å². The van der Waals surface area contributed by atoms with E-state index in [4.69, 9.17) is 0 Å². The van der Waals surface area contributed by atoms with Gasteiger partial charge in [0.15, 0.2) is 0 Å². The zero-order valence-corrected chi connectivity index (χ0v) is 12.0. The van der Waals surface area contributed by atoms with E-state index in [9.17, 15) is 9.59 Å². The molecule has 1 atom stereocenters. The molecule has 0 aromatic carbocycles. The van der Waals surface area contributed by atoms with Crippen LogP contribution in [0, 0.1) is 5.92 Å². The summed E-state index contributed by atoms with van der Waals surface area (Å²) >= 11 is 0. The van der Waals surface area contributed by atoms with Crippen molar-refractivity contribution in [1.82, 2.24) is 14.9 Å². The quantitative estimate of drug-likeness (QED) is 0.927. The van der Waals surface area contributed by atoms with E-state index in [1.807, 2.05) is 18.2 Å². The van der Waals surface area contributed by atoms with Crippen LogP contribution in [0.5, 0.6) is 0 Å². The molecule has 6 nitrogen and oxygen atoms in total. The Morgan fingerprint density at radius 3 is 2.64 bits per heavy atom. The molecule has 2 amide bonds. The number of nitrogens with zero attached hydrogens (tertiary/aromatic N) is 3. The molecule has 6 heteroatoms. The maximum atomic E-state index is 12.2. The predicted molar refractivity (Wildman–Crippen MR) is 80.6 cm³/mol. The fraction of sp³-hybridized carbons (Fsp3) is 0.250. The van der Waals surface area contributed by atoms with E-state index in [0.29, 0.717) is 18.9 Å². The van der Waals surface area contributed by atoms with E-state index in [0.717, 1.165) is 5.69 Å². The van der Waals surface area contributed by atoms with Crippen LogP contribution in [0.2, 0.25) is 0 Å². The molecule has 1 fully saturated rings. The first-order valence-electron chi connectivity index (χ1n) is 7.12. The van der Waals surface area contributed by atoms with Crippen molar-refractivity contribution < 1.29 is 9.59 Å². The minimum Gasteiger partial charge on any atom is -0.336 e. The lowest BCUT2D eigenvalue weighted by atomic mass is 10.1. The second-order valence-corrected chi connectivity index (χ2v) is 5.20. The van der Waals surface area contributed by atoms with Gasteiger partial charge in [-0.3, -0.25) is 14.6 Å². The number of anilines is 1. The molecule has 1 N–H and O–H groups in total. The van der Waals surface area contributed by atoms with E-state index in [1.54, 1.807) is 35.5 Å².